The summed E-state index contributed by atoms with van der Waals surface area (Å²) in [6.45, 7) is 5.17. The monoisotopic (exact) mass is 399 g/mol. The molecule has 1 aliphatic heterocycles. The number of halogens is 1. The van der Waals surface area contributed by atoms with E-state index in [1.54, 1.807) is 24.3 Å². The van der Waals surface area contributed by atoms with Crippen molar-refractivity contribution in [3.05, 3.63) is 58.6 Å². The van der Waals surface area contributed by atoms with Crippen LogP contribution in [0.4, 0.5) is 5.95 Å². The van der Waals surface area contributed by atoms with E-state index in [2.05, 4.69) is 14.5 Å². The standard InChI is InChI=1S/C21H23ClN4O2/c22-17-6-4-15(5-7-17)19(27)14-16-2-1-3-18-20(16)24-21(23)26(18)9-8-25-10-12-28-13-11-25/h1-7H,8-14H2,(H2,23,24)/p+1. The van der Waals surface area contributed by atoms with Crippen molar-refractivity contribution in [1.82, 2.24) is 9.88 Å². The number of anilines is 1. The Hall–Kier alpha value is -2.41. The lowest BCUT2D eigenvalue weighted by Crippen LogP contribution is -2.45. The zero-order chi connectivity index (χ0) is 19.5. The van der Waals surface area contributed by atoms with Crippen LogP contribution < -0.4 is 10.3 Å². The van der Waals surface area contributed by atoms with Gasteiger partial charge in [0.05, 0.1) is 19.8 Å². The number of rotatable bonds is 6. The van der Waals surface area contributed by atoms with Crippen molar-refractivity contribution >= 4 is 34.4 Å². The number of ether oxygens (including phenoxy) is 1. The predicted molar refractivity (Wildman–Crippen MR) is 110 cm³/mol. The van der Waals surface area contributed by atoms with Crippen LogP contribution in [0.15, 0.2) is 42.5 Å². The summed E-state index contributed by atoms with van der Waals surface area (Å²) in [5, 5.41) is 0.622. The molecule has 3 aromatic rings. The van der Waals surface area contributed by atoms with E-state index in [0.29, 0.717) is 23.0 Å². The fourth-order valence-corrected chi connectivity index (χ4v) is 3.77. The Bertz CT molecular complexity index is 978. The molecular weight excluding hydrogens is 376 g/mol. The summed E-state index contributed by atoms with van der Waals surface area (Å²) in [5.74, 6) is 0.659. The first-order chi connectivity index (χ1) is 13.6. The molecule has 2 heterocycles. The topological polar surface area (TPSA) is 75.2 Å². The van der Waals surface area contributed by atoms with Crippen LogP contribution in [0.25, 0.3) is 11.0 Å². The summed E-state index contributed by atoms with van der Waals surface area (Å²) in [6.07, 6.45) is 0.308. The van der Waals surface area contributed by atoms with Gasteiger partial charge in [0.1, 0.15) is 11.0 Å². The molecule has 28 heavy (non-hydrogen) atoms. The van der Waals surface area contributed by atoms with E-state index in [4.69, 9.17) is 22.1 Å². The van der Waals surface area contributed by atoms with Crippen LogP contribution in [0.3, 0.4) is 0 Å². The van der Waals surface area contributed by atoms with Crippen molar-refractivity contribution in [2.24, 2.45) is 0 Å². The smallest absolute Gasteiger partial charge is 0.353 e. The van der Waals surface area contributed by atoms with Crippen LogP contribution in [0.5, 0.6) is 0 Å². The predicted octanol–water partition coefficient (Wildman–Crippen LogP) is 2.45. The maximum absolute atomic E-state index is 12.7. The van der Waals surface area contributed by atoms with Gasteiger partial charge in [-0.1, -0.05) is 23.7 Å². The minimum atomic E-state index is 0.0530. The molecule has 0 amide bonds. The molecule has 7 heteroatoms. The number of aromatic amines is 1. The molecule has 0 aliphatic carbocycles. The quantitative estimate of drug-likeness (QED) is 0.493. The van der Waals surface area contributed by atoms with E-state index >= 15 is 0 Å². The Kier molecular flexibility index (Phi) is 5.62. The highest BCUT2D eigenvalue weighted by Gasteiger charge is 2.20. The number of aromatic nitrogens is 2. The Morgan fingerprint density at radius 2 is 1.93 bits per heavy atom. The fraction of sp³-hybridized carbons (Fsp3) is 0.333. The fourth-order valence-electron chi connectivity index (χ4n) is 3.65. The molecule has 6 nitrogen and oxygen atoms in total. The second-order valence-corrected chi connectivity index (χ2v) is 7.47. The molecule has 146 valence electrons. The minimum absolute atomic E-state index is 0.0530. The van der Waals surface area contributed by atoms with Crippen LogP contribution in [-0.2, 0) is 17.7 Å². The van der Waals surface area contributed by atoms with Crippen molar-refractivity contribution in [3.8, 4) is 0 Å². The van der Waals surface area contributed by atoms with Gasteiger partial charge in [-0.2, -0.15) is 0 Å². The van der Waals surface area contributed by atoms with Crippen LogP contribution in [-0.4, -0.2) is 48.5 Å². The maximum atomic E-state index is 12.7. The number of H-pyrrole nitrogens is 1. The first kappa shape index (κ1) is 18.9. The number of carbonyl (C=O) groups excluding carboxylic acids is 1. The van der Waals surface area contributed by atoms with Gasteiger partial charge in [0.15, 0.2) is 5.78 Å². The minimum Gasteiger partial charge on any atom is -0.379 e. The van der Waals surface area contributed by atoms with Crippen molar-refractivity contribution in [1.29, 1.82) is 0 Å². The van der Waals surface area contributed by atoms with Crippen LogP contribution in [0.2, 0.25) is 5.02 Å². The number of nitrogens with two attached hydrogens (primary N) is 1. The van der Waals surface area contributed by atoms with E-state index in [9.17, 15) is 4.79 Å². The number of Topliss-reactive ketones (excluding diaryl/α,β-unsaturated/α-hetero) is 1. The number of nitrogens with zero attached hydrogens (tertiary/aromatic N) is 2. The van der Waals surface area contributed by atoms with Crippen LogP contribution in [0, 0.1) is 0 Å². The van der Waals surface area contributed by atoms with Crippen LogP contribution in [0.1, 0.15) is 15.9 Å². The van der Waals surface area contributed by atoms with Crippen molar-refractivity contribution in [3.63, 3.8) is 0 Å². The molecule has 0 spiro atoms. The van der Waals surface area contributed by atoms with E-state index in [0.717, 1.165) is 56.0 Å². The van der Waals surface area contributed by atoms with Gasteiger partial charge in [-0.3, -0.25) is 15.4 Å². The molecule has 0 radical (unpaired) electrons. The third-order valence-electron chi connectivity index (χ3n) is 5.22. The lowest BCUT2D eigenvalue weighted by Gasteiger charge is -2.25. The number of nitrogens with one attached hydrogen (secondary N) is 1. The highest BCUT2D eigenvalue weighted by molar-refractivity contribution is 6.30. The Morgan fingerprint density at radius 1 is 1.18 bits per heavy atom. The number of nitrogen functional groups attached to an aromatic ring is 1. The first-order valence-corrected chi connectivity index (χ1v) is 9.87. The molecule has 2 aromatic carbocycles. The number of imidazole rings is 1. The zero-order valence-corrected chi connectivity index (χ0v) is 16.4. The number of benzene rings is 2. The van der Waals surface area contributed by atoms with Gasteiger partial charge in [-0.15, -0.1) is 0 Å². The van der Waals surface area contributed by atoms with Crippen LogP contribution >= 0.6 is 11.6 Å². The normalized spacial score (nSPS) is 15.2. The van der Waals surface area contributed by atoms with E-state index < -0.39 is 0 Å². The molecular formula is C21H24ClN4O2+. The van der Waals surface area contributed by atoms with Gasteiger partial charge in [0, 0.05) is 42.2 Å². The molecule has 0 bridgehead atoms. The summed E-state index contributed by atoms with van der Waals surface area (Å²) in [4.78, 5) is 18.3. The summed E-state index contributed by atoms with van der Waals surface area (Å²) >= 11 is 5.92. The molecule has 0 unspecified atom stereocenters. The lowest BCUT2D eigenvalue weighted by atomic mass is 10.0. The second kappa shape index (κ2) is 8.31. The zero-order valence-electron chi connectivity index (χ0n) is 15.7. The number of hydrogen-bond donors (Lipinski definition) is 2. The second-order valence-electron chi connectivity index (χ2n) is 7.03. The van der Waals surface area contributed by atoms with E-state index in [1.807, 2.05) is 18.2 Å². The van der Waals surface area contributed by atoms with Gasteiger partial charge >= 0.3 is 5.95 Å². The van der Waals surface area contributed by atoms with Crippen molar-refractivity contribution in [2.75, 3.05) is 38.6 Å². The summed E-state index contributed by atoms with van der Waals surface area (Å²) in [6, 6.07) is 13.0. The highest BCUT2D eigenvalue weighted by atomic mass is 35.5. The average molecular weight is 400 g/mol. The van der Waals surface area contributed by atoms with Gasteiger partial charge in [0.2, 0.25) is 0 Å². The largest absolute Gasteiger partial charge is 0.379 e. The third kappa shape index (κ3) is 4.04. The summed E-state index contributed by atoms with van der Waals surface area (Å²) < 4.78 is 7.49. The number of morpholine rings is 1. The Balaban J connectivity index is 1.55. The number of fused-ring (bicyclic) bond motifs is 1. The van der Waals surface area contributed by atoms with E-state index in [1.165, 1.54) is 0 Å². The van der Waals surface area contributed by atoms with Crippen molar-refractivity contribution < 1.29 is 14.1 Å². The maximum Gasteiger partial charge on any atom is 0.353 e. The summed E-state index contributed by atoms with van der Waals surface area (Å²) in [5.41, 5.74) is 9.80. The average Bonchev–Trinajstić information content (AvgIpc) is 3.04. The molecule has 1 aliphatic rings. The molecule has 3 N–H and O–H groups in total. The number of ketones is 1. The lowest BCUT2D eigenvalue weighted by molar-refractivity contribution is -0.656. The van der Waals surface area contributed by atoms with E-state index in [-0.39, 0.29) is 5.78 Å². The van der Waals surface area contributed by atoms with Crippen molar-refractivity contribution in [2.45, 2.75) is 13.0 Å². The SMILES string of the molecule is Nc1[nH]c2c(CC(=O)c3ccc(Cl)cc3)cccc2[n+]1CCN1CCOCC1. The number of hydrogen-bond acceptors (Lipinski definition) is 4. The Labute approximate surface area is 168 Å². The number of para-hydroxylation sites is 1. The van der Waals surface area contributed by atoms with Gasteiger partial charge in [-0.25, -0.2) is 9.55 Å². The van der Waals surface area contributed by atoms with Gasteiger partial charge in [0.25, 0.3) is 0 Å². The molecule has 0 atom stereocenters. The first-order valence-electron chi connectivity index (χ1n) is 9.49. The third-order valence-corrected chi connectivity index (χ3v) is 5.48. The number of carbonyl (C=O) groups is 1. The van der Waals surface area contributed by atoms with Gasteiger partial charge in [-0.05, 0) is 30.3 Å². The summed E-state index contributed by atoms with van der Waals surface area (Å²) in [7, 11) is 0. The molecule has 4 rings (SSSR count). The molecule has 1 saturated heterocycles. The molecule has 1 fully saturated rings. The Morgan fingerprint density at radius 3 is 2.68 bits per heavy atom. The highest BCUT2D eigenvalue weighted by Crippen LogP contribution is 2.19. The van der Waals surface area contributed by atoms with Gasteiger partial charge < -0.3 is 4.74 Å². The molecule has 0 saturated carbocycles. The molecule has 1 aromatic heterocycles.